The van der Waals surface area contributed by atoms with Gasteiger partial charge < -0.3 is 24.6 Å². The van der Waals surface area contributed by atoms with Crippen molar-refractivity contribution < 1.29 is 24.1 Å². The zero-order valence-corrected chi connectivity index (χ0v) is 14.7. The van der Waals surface area contributed by atoms with Crippen LogP contribution in [-0.2, 0) is 4.74 Å². The van der Waals surface area contributed by atoms with Crippen LogP contribution in [0.2, 0.25) is 0 Å². The molecule has 2 saturated heterocycles. The summed E-state index contributed by atoms with van der Waals surface area (Å²) in [6, 6.07) is 5.60. The lowest BCUT2D eigenvalue weighted by atomic mass is 10.1. The number of hydrogen-bond donors (Lipinski definition) is 2. The second-order valence-electron chi connectivity index (χ2n) is 6.55. The van der Waals surface area contributed by atoms with Crippen molar-refractivity contribution in [2.24, 2.45) is 0 Å². The van der Waals surface area contributed by atoms with Crippen molar-refractivity contribution in [1.29, 1.82) is 0 Å². The van der Waals surface area contributed by atoms with Crippen LogP contribution in [0.5, 0.6) is 11.5 Å². The Labute approximate surface area is 147 Å². The lowest BCUT2D eigenvalue weighted by Gasteiger charge is -2.34. The van der Waals surface area contributed by atoms with E-state index in [0.29, 0.717) is 36.1 Å². The first-order valence-corrected chi connectivity index (χ1v) is 8.64. The molecule has 7 nitrogen and oxygen atoms in total. The average molecular weight is 350 g/mol. The van der Waals surface area contributed by atoms with Gasteiger partial charge in [-0.2, -0.15) is 0 Å². The van der Waals surface area contributed by atoms with Crippen molar-refractivity contribution in [3.8, 4) is 11.5 Å². The summed E-state index contributed by atoms with van der Waals surface area (Å²) >= 11 is 0. The highest BCUT2D eigenvalue weighted by molar-refractivity contribution is 5.95. The average Bonchev–Trinajstić information content (AvgIpc) is 3.02. The van der Waals surface area contributed by atoms with Crippen molar-refractivity contribution in [2.45, 2.75) is 31.0 Å². The van der Waals surface area contributed by atoms with E-state index in [2.05, 4.69) is 10.2 Å². The molecule has 0 radical (unpaired) electrons. The van der Waals surface area contributed by atoms with E-state index in [0.717, 1.165) is 19.5 Å². The Hall–Kier alpha value is -1.83. The maximum absolute atomic E-state index is 12.6. The summed E-state index contributed by atoms with van der Waals surface area (Å²) < 4.78 is 16.2. The first-order valence-electron chi connectivity index (χ1n) is 8.64. The summed E-state index contributed by atoms with van der Waals surface area (Å²) in [4.78, 5) is 14.9. The Kier molecular flexibility index (Phi) is 5.78. The van der Waals surface area contributed by atoms with Crippen LogP contribution in [0.1, 0.15) is 23.2 Å². The number of aliphatic hydroxyl groups excluding tert-OH is 1. The molecule has 0 saturated carbocycles. The Morgan fingerprint density at radius 3 is 2.84 bits per heavy atom. The van der Waals surface area contributed by atoms with Crippen molar-refractivity contribution in [3.05, 3.63) is 23.8 Å². The molecule has 2 fully saturated rings. The van der Waals surface area contributed by atoms with Gasteiger partial charge in [0, 0.05) is 37.3 Å². The third-order valence-corrected chi connectivity index (χ3v) is 4.92. The number of carbonyl (C=O) groups is 1. The molecule has 25 heavy (non-hydrogen) atoms. The van der Waals surface area contributed by atoms with Crippen LogP contribution in [0.3, 0.4) is 0 Å². The first kappa shape index (κ1) is 18.0. The predicted molar refractivity (Wildman–Crippen MR) is 92.2 cm³/mol. The minimum absolute atomic E-state index is 0.0848. The molecule has 2 heterocycles. The smallest absolute Gasteiger partial charge is 0.251 e. The van der Waals surface area contributed by atoms with Gasteiger partial charge in [0.1, 0.15) is 0 Å². The molecule has 2 aliphatic heterocycles. The molecular formula is C18H26N2O5. The van der Waals surface area contributed by atoms with E-state index < -0.39 is 0 Å². The number of aliphatic hydroxyl groups is 1. The fraction of sp³-hybridized carbons (Fsp3) is 0.611. The minimum atomic E-state index is -0.112. The van der Waals surface area contributed by atoms with E-state index in [4.69, 9.17) is 19.3 Å². The first-order chi connectivity index (χ1) is 12.1. The summed E-state index contributed by atoms with van der Waals surface area (Å²) in [5.41, 5.74) is 0.553. The molecule has 1 aromatic rings. The second-order valence-corrected chi connectivity index (χ2v) is 6.55. The quantitative estimate of drug-likeness (QED) is 0.785. The van der Waals surface area contributed by atoms with Gasteiger partial charge in [-0.15, -0.1) is 0 Å². The summed E-state index contributed by atoms with van der Waals surface area (Å²) in [6.45, 7) is 2.43. The fourth-order valence-electron chi connectivity index (χ4n) is 3.61. The number of benzene rings is 1. The molecule has 0 aliphatic carbocycles. The number of amides is 1. The van der Waals surface area contributed by atoms with Gasteiger partial charge in [-0.25, -0.2) is 0 Å². The van der Waals surface area contributed by atoms with Crippen molar-refractivity contribution in [1.82, 2.24) is 10.2 Å². The van der Waals surface area contributed by atoms with Crippen molar-refractivity contribution in [2.75, 3.05) is 40.5 Å². The van der Waals surface area contributed by atoms with Crippen LogP contribution in [0.15, 0.2) is 18.2 Å². The molecule has 2 N–H and O–H groups in total. The number of fused-ring (bicyclic) bond motifs is 1. The topological polar surface area (TPSA) is 80.3 Å². The largest absolute Gasteiger partial charge is 0.493 e. The summed E-state index contributed by atoms with van der Waals surface area (Å²) in [6.07, 6.45) is 1.62. The third-order valence-electron chi connectivity index (χ3n) is 4.92. The molecule has 2 aliphatic rings. The second kappa shape index (κ2) is 8.03. The van der Waals surface area contributed by atoms with E-state index >= 15 is 0 Å². The number of hydrogen-bond acceptors (Lipinski definition) is 6. The number of ether oxygens (including phenoxy) is 3. The Morgan fingerprint density at radius 1 is 1.32 bits per heavy atom. The summed E-state index contributed by atoms with van der Waals surface area (Å²) in [5, 5.41) is 12.2. The van der Waals surface area contributed by atoms with Crippen LogP contribution in [0.25, 0.3) is 0 Å². The van der Waals surface area contributed by atoms with E-state index in [1.54, 1.807) is 32.4 Å². The van der Waals surface area contributed by atoms with Gasteiger partial charge in [-0.1, -0.05) is 0 Å². The van der Waals surface area contributed by atoms with Gasteiger partial charge >= 0.3 is 0 Å². The minimum Gasteiger partial charge on any atom is -0.493 e. The normalized spacial score (nSPS) is 26.1. The van der Waals surface area contributed by atoms with Gasteiger partial charge in [-0.05, 0) is 31.0 Å². The predicted octanol–water partition coefficient (Wildman–Crippen LogP) is 0.658. The number of morpholine rings is 1. The summed E-state index contributed by atoms with van der Waals surface area (Å²) in [7, 11) is 3.12. The van der Waals surface area contributed by atoms with Crippen molar-refractivity contribution >= 4 is 5.91 Å². The van der Waals surface area contributed by atoms with E-state index in [9.17, 15) is 4.79 Å². The van der Waals surface area contributed by atoms with E-state index in [1.165, 1.54) is 0 Å². The Bertz CT molecular complexity index is 609. The van der Waals surface area contributed by atoms with E-state index in [1.807, 2.05) is 0 Å². The fourth-order valence-corrected chi connectivity index (χ4v) is 3.61. The standard InChI is InChI=1S/C18H26N2O5/c1-23-16-4-3-12(7-17(16)24-2)18(22)19-13-8-14-11-25-15(5-6-21)10-20(14)9-13/h3-4,7,13-15,21H,5-6,8-11H2,1-2H3,(H,19,22)/t13-,14+,15+/m1/s1. The Morgan fingerprint density at radius 2 is 2.12 bits per heavy atom. The maximum Gasteiger partial charge on any atom is 0.251 e. The lowest BCUT2D eigenvalue weighted by molar-refractivity contribution is -0.0566. The van der Waals surface area contributed by atoms with Crippen LogP contribution in [-0.4, -0.2) is 74.6 Å². The van der Waals surface area contributed by atoms with Gasteiger partial charge in [0.25, 0.3) is 5.91 Å². The molecule has 3 atom stereocenters. The molecule has 1 aromatic carbocycles. The number of methoxy groups -OCH3 is 2. The summed E-state index contributed by atoms with van der Waals surface area (Å²) in [5.74, 6) is 1.03. The van der Waals surface area contributed by atoms with E-state index in [-0.39, 0.29) is 24.7 Å². The number of nitrogens with one attached hydrogen (secondary N) is 1. The number of rotatable bonds is 6. The highest BCUT2D eigenvalue weighted by Gasteiger charge is 2.37. The molecule has 3 rings (SSSR count). The molecule has 0 aromatic heterocycles. The van der Waals surface area contributed by atoms with Crippen LogP contribution in [0, 0.1) is 0 Å². The van der Waals surface area contributed by atoms with Gasteiger partial charge in [0.05, 0.1) is 26.9 Å². The maximum atomic E-state index is 12.6. The van der Waals surface area contributed by atoms with Gasteiger partial charge in [0.2, 0.25) is 0 Å². The highest BCUT2D eigenvalue weighted by Crippen LogP contribution is 2.28. The molecule has 0 spiro atoms. The number of carbonyl (C=O) groups excluding carboxylic acids is 1. The number of nitrogens with zero attached hydrogens (tertiary/aromatic N) is 1. The molecule has 138 valence electrons. The molecule has 1 amide bonds. The lowest BCUT2D eigenvalue weighted by Crippen LogP contribution is -2.46. The molecule has 0 unspecified atom stereocenters. The Balaban J connectivity index is 1.59. The third kappa shape index (κ3) is 4.05. The van der Waals surface area contributed by atoms with Crippen molar-refractivity contribution in [3.63, 3.8) is 0 Å². The molecular weight excluding hydrogens is 324 g/mol. The van der Waals surface area contributed by atoms with Crippen LogP contribution >= 0.6 is 0 Å². The highest BCUT2D eigenvalue weighted by atomic mass is 16.5. The zero-order chi connectivity index (χ0) is 17.8. The molecule has 7 heteroatoms. The molecule has 0 bridgehead atoms. The SMILES string of the molecule is COc1ccc(C(=O)N[C@@H]2C[C@H]3CO[C@@H](CCO)CN3C2)cc1OC. The van der Waals surface area contributed by atoms with Gasteiger partial charge in [0.15, 0.2) is 11.5 Å². The zero-order valence-electron chi connectivity index (χ0n) is 14.7. The van der Waals surface area contributed by atoms with Crippen LogP contribution < -0.4 is 14.8 Å². The van der Waals surface area contributed by atoms with Crippen LogP contribution in [0.4, 0.5) is 0 Å². The van der Waals surface area contributed by atoms with Gasteiger partial charge in [-0.3, -0.25) is 9.69 Å². The monoisotopic (exact) mass is 350 g/mol.